The van der Waals surface area contributed by atoms with E-state index in [4.69, 9.17) is 28.9 Å². The molecule has 0 aliphatic heterocycles. The Balaban J connectivity index is 2.60. The number of rotatable bonds is 3. The van der Waals surface area contributed by atoms with Gasteiger partial charge in [-0.15, -0.1) is 0 Å². The van der Waals surface area contributed by atoms with Gasteiger partial charge in [0.25, 0.3) is 0 Å². The van der Waals surface area contributed by atoms with Crippen molar-refractivity contribution < 1.29 is 0 Å². The van der Waals surface area contributed by atoms with Crippen molar-refractivity contribution in [1.29, 1.82) is 0 Å². The summed E-state index contributed by atoms with van der Waals surface area (Å²) in [6, 6.07) is 5.38. The van der Waals surface area contributed by atoms with Gasteiger partial charge in [-0.2, -0.15) is 5.10 Å². The lowest BCUT2D eigenvalue weighted by Gasteiger charge is -2.13. The van der Waals surface area contributed by atoms with Crippen molar-refractivity contribution in [2.24, 2.45) is 5.73 Å². The summed E-state index contributed by atoms with van der Waals surface area (Å²) in [5, 5.41) is 5.57. The van der Waals surface area contributed by atoms with E-state index in [2.05, 4.69) is 18.9 Å². The van der Waals surface area contributed by atoms with E-state index < -0.39 is 0 Å². The zero-order valence-electron chi connectivity index (χ0n) is 10.3. The Morgan fingerprint density at radius 1 is 1.33 bits per heavy atom. The first-order valence-electron chi connectivity index (χ1n) is 5.77. The monoisotopic (exact) mass is 283 g/mol. The van der Waals surface area contributed by atoms with Crippen LogP contribution in [0.2, 0.25) is 10.0 Å². The standard InChI is InChI=1S/C13H15Cl2N3/c1-8(2)13-9(6-16)7-17-18(13)12-4-3-10(14)5-11(12)15/h3-5,7-8H,6,16H2,1-2H3. The van der Waals surface area contributed by atoms with Crippen molar-refractivity contribution >= 4 is 23.2 Å². The summed E-state index contributed by atoms with van der Waals surface area (Å²) in [5.74, 6) is 0.317. The molecule has 0 aliphatic carbocycles. The van der Waals surface area contributed by atoms with Crippen LogP contribution in [0.15, 0.2) is 24.4 Å². The first kappa shape index (κ1) is 13.4. The number of nitrogens with zero attached hydrogens (tertiary/aromatic N) is 2. The minimum atomic E-state index is 0.317. The van der Waals surface area contributed by atoms with E-state index in [-0.39, 0.29) is 0 Å². The number of benzene rings is 1. The molecule has 0 fully saturated rings. The lowest BCUT2D eigenvalue weighted by molar-refractivity contribution is 0.725. The third-order valence-electron chi connectivity index (χ3n) is 2.79. The predicted molar refractivity (Wildman–Crippen MR) is 75.6 cm³/mol. The van der Waals surface area contributed by atoms with Crippen molar-refractivity contribution in [2.75, 3.05) is 0 Å². The highest BCUT2D eigenvalue weighted by Crippen LogP contribution is 2.28. The summed E-state index contributed by atoms with van der Waals surface area (Å²) in [4.78, 5) is 0. The summed E-state index contributed by atoms with van der Waals surface area (Å²) in [6.07, 6.45) is 1.79. The van der Waals surface area contributed by atoms with Gasteiger partial charge in [-0.3, -0.25) is 0 Å². The Bertz CT molecular complexity index is 561. The molecule has 0 amide bonds. The molecule has 96 valence electrons. The molecule has 1 aromatic carbocycles. The van der Waals surface area contributed by atoms with Crippen molar-refractivity contribution in [3.63, 3.8) is 0 Å². The van der Waals surface area contributed by atoms with E-state index in [9.17, 15) is 0 Å². The normalized spacial score (nSPS) is 11.2. The van der Waals surface area contributed by atoms with Gasteiger partial charge in [-0.25, -0.2) is 4.68 Å². The first-order chi connectivity index (χ1) is 8.54. The molecule has 2 aromatic rings. The van der Waals surface area contributed by atoms with Gasteiger partial charge in [0.1, 0.15) is 0 Å². The van der Waals surface area contributed by atoms with Crippen molar-refractivity contribution in [3.8, 4) is 5.69 Å². The zero-order valence-corrected chi connectivity index (χ0v) is 11.8. The molecule has 18 heavy (non-hydrogen) atoms. The Morgan fingerprint density at radius 2 is 2.06 bits per heavy atom. The molecular formula is C13H15Cl2N3. The van der Waals surface area contributed by atoms with Crippen molar-refractivity contribution in [1.82, 2.24) is 9.78 Å². The fourth-order valence-corrected chi connectivity index (χ4v) is 2.50. The van der Waals surface area contributed by atoms with Crippen LogP contribution in [-0.2, 0) is 6.54 Å². The highest BCUT2D eigenvalue weighted by molar-refractivity contribution is 6.35. The second-order valence-electron chi connectivity index (χ2n) is 4.42. The van der Waals surface area contributed by atoms with Crippen LogP contribution < -0.4 is 5.73 Å². The maximum atomic E-state index is 6.22. The molecule has 0 spiro atoms. The lowest BCUT2D eigenvalue weighted by Crippen LogP contribution is -2.08. The molecule has 0 unspecified atom stereocenters. The van der Waals surface area contributed by atoms with Crippen LogP contribution in [-0.4, -0.2) is 9.78 Å². The summed E-state index contributed by atoms with van der Waals surface area (Å²) >= 11 is 12.1. The summed E-state index contributed by atoms with van der Waals surface area (Å²) in [6.45, 7) is 4.69. The van der Waals surface area contributed by atoms with E-state index in [1.54, 1.807) is 18.3 Å². The highest BCUT2D eigenvalue weighted by atomic mass is 35.5. The average molecular weight is 284 g/mol. The van der Waals surface area contributed by atoms with E-state index in [1.807, 2.05) is 10.7 Å². The topological polar surface area (TPSA) is 43.8 Å². The Labute approximate surface area is 117 Å². The van der Waals surface area contributed by atoms with Crippen LogP contribution in [0.1, 0.15) is 31.0 Å². The Kier molecular flexibility index (Phi) is 3.95. The van der Waals surface area contributed by atoms with E-state index in [1.165, 1.54) is 0 Å². The van der Waals surface area contributed by atoms with Crippen LogP contribution in [0, 0.1) is 0 Å². The maximum absolute atomic E-state index is 6.22. The minimum absolute atomic E-state index is 0.317. The van der Waals surface area contributed by atoms with E-state index >= 15 is 0 Å². The first-order valence-corrected chi connectivity index (χ1v) is 6.52. The molecular weight excluding hydrogens is 269 g/mol. The van der Waals surface area contributed by atoms with Crippen molar-refractivity contribution in [2.45, 2.75) is 26.3 Å². The molecule has 5 heteroatoms. The second-order valence-corrected chi connectivity index (χ2v) is 5.27. The molecule has 3 nitrogen and oxygen atoms in total. The minimum Gasteiger partial charge on any atom is -0.326 e. The largest absolute Gasteiger partial charge is 0.326 e. The van der Waals surface area contributed by atoms with Gasteiger partial charge in [-0.1, -0.05) is 37.0 Å². The molecule has 0 saturated heterocycles. The van der Waals surface area contributed by atoms with Gasteiger partial charge in [-0.05, 0) is 24.1 Å². The number of hydrogen-bond donors (Lipinski definition) is 1. The maximum Gasteiger partial charge on any atom is 0.0836 e. The zero-order chi connectivity index (χ0) is 13.3. The van der Waals surface area contributed by atoms with E-state index in [0.717, 1.165) is 16.9 Å². The third-order valence-corrected chi connectivity index (χ3v) is 3.33. The number of halogens is 2. The summed E-state index contributed by atoms with van der Waals surface area (Å²) in [7, 11) is 0. The highest BCUT2D eigenvalue weighted by Gasteiger charge is 2.16. The molecule has 0 bridgehead atoms. The van der Waals surface area contributed by atoms with Crippen molar-refractivity contribution in [3.05, 3.63) is 45.7 Å². The molecule has 2 rings (SSSR count). The van der Waals surface area contributed by atoms with Gasteiger partial charge < -0.3 is 5.73 Å². The number of aromatic nitrogens is 2. The molecule has 0 aliphatic rings. The Hall–Kier alpha value is -1.03. The van der Waals surface area contributed by atoms with Gasteiger partial charge in [0.2, 0.25) is 0 Å². The molecule has 0 saturated carbocycles. The van der Waals surface area contributed by atoms with Crippen LogP contribution in [0.5, 0.6) is 0 Å². The fraction of sp³-hybridized carbons (Fsp3) is 0.308. The quantitative estimate of drug-likeness (QED) is 0.932. The average Bonchev–Trinajstić information content (AvgIpc) is 2.72. The third kappa shape index (κ3) is 2.39. The fourth-order valence-electron chi connectivity index (χ4n) is 2.01. The van der Waals surface area contributed by atoms with Crippen LogP contribution in [0.3, 0.4) is 0 Å². The molecule has 0 radical (unpaired) electrons. The SMILES string of the molecule is CC(C)c1c(CN)cnn1-c1ccc(Cl)cc1Cl. The molecule has 1 aromatic heterocycles. The second kappa shape index (κ2) is 5.31. The van der Waals surface area contributed by atoms with Gasteiger partial charge in [0.15, 0.2) is 0 Å². The van der Waals surface area contributed by atoms with Crippen LogP contribution >= 0.6 is 23.2 Å². The smallest absolute Gasteiger partial charge is 0.0836 e. The Morgan fingerprint density at radius 3 is 2.61 bits per heavy atom. The van der Waals surface area contributed by atoms with Crippen LogP contribution in [0.25, 0.3) is 5.69 Å². The number of nitrogens with two attached hydrogens (primary N) is 1. The lowest BCUT2D eigenvalue weighted by atomic mass is 10.1. The molecule has 1 heterocycles. The van der Waals surface area contributed by atoms with Gasteiger partial charge in [0.05, 0.1) is 22.6 Å². The number of hydrogen-bond acceptors (Lipinski definition) is 2. The van der Waals surface area contributed by atoms with E-state index in [0.29, 0.717) is 22.5 Å². The van der Waals surface area contributed by atoms with Gasteiger partial charge >= 0.3 is 0 Å². The van der Waals surface area contributed by atoms with Crippen LogP contribution in [0.4, 0.5) is 0 Å². The summed E-state index contributed by atoms with van der Waals surface area (Å²) in [5.41, 5.74) is 8.68. The predicted octanol–water partition coefficient (Wildman–Crippen LogP) is 3.76. The summed E-state index contributed by atoms with van der Waals surface area (Å²) < 4.78 is 1.84. The van der Waals surface area contributed by atoms with Gasteiger partial charge in [0, 0.05) is 17.1 Å². The molecule has 0 atom stereocenters. The molecule has 2 N–H and O–H groups in total.